The lowest BCUT2D eigenvalue weighted by Crippen LogP contribution is -2.34. The van der Waals surface area contributed by atoms with Crippen molar-refractivity contribution in [2.75, 3.05) is 27.2 Å². The van der Waals surface area contributed by atoms with Gasteiger partial charge in [-0.2, -0.15) is 5.26 Å². The van der Waals surface area contributed by atoms with Crippen LogP contribution in [-0.4, -0.2) is 42.9 Å². The second kappa shape index (κ2) is 7.71. The Kier molecular flexibility index (Phi) is 6.27. The van der Waals surface area contributed by atoms with E-state index in [0.29, 0.717) is 17.6 Å². The summed E-state index contributed by atoms with van der Waals surface area (Å²) in [6.07, 6.45) is 0. The summed E-state index contributed by atoms with van der Waals surface area (Å²) in [5, 5.41) is 22.8. The van der Waals surface area contributed by atoms with E-state index in [9.17, 15) is 20.2 Å². The van der Waals surface area contributed by atoms with Crippen molar-refractivity contribution >= 4 is 27.5 Å². The fourth-order valence-electron chi connectivity index (χ4n) is 1.69. The first-order valence-electron chi connectivity index (χ1n) is 6.12. The molecule has 8 heteroatoms. The third-order valence-corrected chi connectivity index (χ3v) is 3.24. The largest absolute Gasteiger partial charge is 0.353 e. The number of likely N-dealkylation sites (N-methyl/N-ethyl adjacent to an activating group) is 1. The molecule has 1 unspecified atom stereocenters. The number of nitro groups is 1. The molecule has 21 heavy (non-hydrogen) atoms. The predicted molar refractivity (Wildman–Crippen MR) is 80.7 cm³/mol. The topological polar surface area (TPSA) is 99.3 Å². The number of hydrogen-bond donors (Lipinski definition) is 1. The molecule has 0 saturated carbocycles. The van der Waals surface area contributed by atoms with Crippen molar-refractivity contribution in [3.8, 4) is 6.07 Å². The molecule has 0 fully saturated rings. The fraction of sp³-hybridized carbons (Fsp3) is 0.385. The molecular weight excluding hydrogens is 340 g/mol. The second-order valence-electron chi connectivity index (χ2n) is 4.62. The number of hydrogen-bond acceptors (Lipinski definition) is 5. The highest BCUT2D eigenvalue weighted by molar-refractivity contribution is 9.10. The third kappa shape index (κ3) is 4.81. The quantitative estimate of drug-likeness (QED) is 0.618. The molecule has 7 nitrogen and oxygen atoms in total. The maximum atomic E-state index is 12.0. The minimum absolute atomic E-state index is 0.0908. The van der Waals surface area contributed by atoms with E-state index in [1.807, 2.05) is 25.1 Å². The molecule has 0 aliphatic rings. The van der Waals surface area contributed by atoms with Gasteiger partial charge in [0.25, 0.3) is 5.69 Å². The lowest BCUT2D eigenvalue weighted by molar-refractivity contribution is -0.385. The normalized spacial score (nSPS) is 11.8. The Labute approximate surface area is 130 Å². The zero-order valence-electron chi connectivity index (χ0n) is 11.7. The fourth-order valence-corrected chi connectivity index (χ4v) is 2.04. The Morgan fingerprint density at radius 3 is 2.76 bits per heavy atom. The van der Waals surface area contributed by atoms with Gasteiger partial charge in [-0.25, -0.2) is 0 Å². The zero-order valence-corrected chi connectivity index (χ0v) is 13.3. The van der Waals surface area contributed by atoms with Gasteiger partial charge in [-0.1, -0.05) is 15.9 Å². The summed E-state index contributed by atoms with van der Waals surface area (Å²) in [6, 6.07) is 6.10. The van der Waals surface area contributed by atoms with Gasteiger partial charge in [0, 0.05) is 23.6 Å². The lowest BCUT2D eigenvalue weighted by atomic mass is 9.98. The van der Waals surface area contributed by atoms with Crippen LogP contribution in [0, 0.1) is 21.4 Å². The van der Waals surface area contributed by atoms with Crippen LogP contribution in [0.25, 0.3) is 0 Å². The number of carbonyl (C=O) groups excluding carboxylic acids is 1. The average Bonchev–Trinajstić information content (AvgIpc) is 2.40. The highest BCUT2D eigenvalue weighted by Crippen LogP contribution is 2.29. The number of nitrogens with one attached hydrogen (secondary N) is 1. The van der Waals surface area contributed by atoms with Gasteiger partial charge in [0.1, 0.15) is 0 Å². The molecule has 1 N–H and O–H groups in total. The molecule has 1 aromatic carbocycles. The van der Waals surface area contributed by atoms with E-state index in [-0.39, 0.29) is 11.3 Å². The number of amides is 1. The average molecular weight is 355 g/mol. The molecule has 0 spiro atoms. The number of nitriles is 1. The molecule has 1 rings (SSSR count). The molecule has 0 saturated heterocycles. The van der Waals surface area contributed by atoms with E-state index >= 15 is 0 Å². The van der Waals surface area contributed by atoms with Gasteiger partial charge in [0.05, 0.1) is 16.6 Å². The predicted octanol–water partition coefficient (Wildman–Crippen LogP) is 1.64. The maximum Gasteiger partial charge on any atom is 0.275 e. The van der Waals surface area contributed by atoms with Crippen LogP contribution in [0.15, 0.2) is 22.7 Å². The standard InChI is InChI=1S/C13H15BrN4O3/c1-17(2)6-5-16-13(19)11(8-15)10-4-3-9(14)7-12(10)18(20)21/h3-4,7,11H,5-6H2,1-2H3,(H,16,19). The van der Waals surface area contributed by atoms with Crippen LogP contribution < -0.4 is 5.32 Å². The SMILES string of the molecule is CN(C)CCNC(=O)C(C#N)c1ccc(Br)cc1[N+](=O)[O-]. The van der Waals surface area contributed by atoms with Gasteiger partial charge in [-0.3, -0.25) is 14.9 Å². The van der Waals surface area contributed by atoms with Gasteiger partial charge in [-0.05, 0) is 26.2 Å². The lowest BCUT2D eigenvalue weighted by Gasteiger charge is -2.13. The summed E-state index contributed by atoms with van der Waals surface area (Å²) in [5.74, 6) is -1.74. The highest BCUT2D eigenvalue weighted by Gasteiger charge is 2.28. The van der Waals surface area contributed by atoms with Gasteiger partial charge in [-0.15, -0.1) is 0 Å². The van der Waals surface area contributed by atoms with Crippen LogP contribution >= 0.6 is 15.9 Å². The van der Waals surface area contributed by atoms with E-state index in [1.165, 1.54) is 12.1 Å². The minimum Gasteiger partial charge on any atom is -0.353 e. The Hall–Kier alpha value is -1.98. The monoisotopic (exact) mass is 354 g/mol. The molecular formula is C13H15BrN4O3. The first-order valence-corrected chi connectivity index (χ1v) is 6.92. The zero-order chi connectivity index (χ0) is 16.0. The molecule has 0 heterocycles. The first-order chi connectivity index (χ1) is 9.86. The van der Waals surface area contributed by atoms with E-state index in [4.69, 9.17) is 0 Å². The van der Waals surface area contributed by atoms with Crippen LogP contribution in [0.4, 0.5) is 5.69 Å². The Bertz CT molecular complexity index is 583. The first kappa shape index (κ1) is 17.1. The van der Waals surface area contributed by atoms with Gasteiger partial charge in [0.15, 0.2) is 5.92 Å². The molecule has 0 aliphatic carbocycles. The van der Waals surface area contributed by atoms with Crippen molar-refractivity contribution in [2.24, 2.45) is 0 Å². The molecule has 112 valence electrons. The van der Waals surface area contributed by atoms with E-state index in [1.54, 1.807) is 6.07 Å². The van der Waals surface area contributed by atoms with Crippen molar-refractivity contribution in [1.82, 2.24) is 10.2 Å². The van der Waals surface area contributed by atoms with Crippen LogP contribution in [0.3, 0.4) is 0 Å². The summed E-state index contributed by atoms with van der Waals surface area (Å²) < 4.78 is 0.516. The molecule has 0 radical (unpaired) electrons. The summed E-state index contributed by atoms with van der Waals surface area (Å²) in [4.78, 5) is 24.4. The Morgan fingerprint density at radius 2 is 2.24 bits per heavy atom. The molecule has 0 aliphatic heterocycles. The van der Waals surface area contributed by atoms with E-state index in [0.717, 1.165) is 0 Å². The van der Waals surface area contributed by atoms with Gasteiger partial charge >= 0.3 is 0 Å². The van der Waals surface area contributed by atoms with Gasteiger partial charge in [0.2, 0.25) is 5.91 Å². The minimum atomic E-state index is -1.21. The van der Waals surface area contributed by atoms with Crippen molar-refractivity contribution in [3.05, 3.63) is 38.3 Å². The van der Waals surface area contributed by atoms with Crippen molar-refractivity contribution < 1.29 is 9.72 Å². The van der Waals surface area contributed by atoms with Crippen molar-refractivity contribution in [3.63, 3.8) is 0 Å². The second-order valence-corrected chi connectivity index (χ2v) is 5.53. The number of nitro benzene ring substituents is 1. The molecule has 1 aromatic rings. The number of carbonyl (C=O) groups is 1. The molecule has 0 bridgehead atoms. The van der Waals surface area contributed by atoms with Crippen molar-refractivity contribution in [2.45, 2.75) is 5.92 Å². The third-order valence-electron chi connectivity index (χ3n) is 2.75. The van der Waals surface area contributed by atoms with E-state index in [2.05, 4.69) is 21.2 Å². The number of benzene rings is 1. The maximum absolute atomic E-state index is 12.0. The summed E-state index contributed by atoms with van der Waals surface area (Å²) in [5.41, 5.74) is -0.160. The Morgan fingerprint density at radius 1 is 1.57 bits per heavy atom. The summed E-state index contributed by atoms with van der Waals surface area (Å²) >= 11 is 3.14. The smallest absolute Gasteiger partial charge is 0.275 e. The molecule has 1 amide bonds. The number of halogens is 1. The van der Waals surface area contributed by atoms with Gasteiger partial charge < -0.3 is 10.2 Å². The van der Waals surface area contributed by atoms with Crippen molar-refractivity contribution in [1.29, 1.82) is 5.26 Å². The highest BCUT2D eigenvalue weighted by atomic mass is 79.9. The number of rotatable bonds is 6. The Balaban J connectivity index is 2.98. The summed E-state index contributed by atoms with van der Waals surface area (Å²) in [6.45, 7) is 0.987. The van der Waals surface area contributed by atoms with E-state index < -0.39 is 16.7 Å². The molecule has 1 atom stereocenters. The number of nitrogens with zero attached hydrogens (tertiary/aromatic N) is 3. The summed E-state index contributed by atoms with van der Waals surface area (Å²) in [7, 11) is 3.71. The van der Waals surface area contributed by atoms with Crippen LogP contribution in [0.2, 0.25) is 0 Å². The van der Waals surface area contributed by atoms with Crippen LogP contribution in [0.5, 0.6) is 0 Å². The van der Waals surface area contributed by atoms with Crippen LogP contribution in [-0.2, 0) is 4.79 Å². The van der Waals surface area contributed by atoms with Crippen LogP contribution in [0.1, 0.15) is 11.5 Å². The molecule has 0 aromatic heterocycles.